The number of hydrogen-bond acceptors (Lipinski definition) is 6. The molecule has 0 amide bonds. The van der Waals surface area contributed by atoms with Crippen molar-refractivity contribution in [3.05, 3.63) is 70.8 Å². The fraction of sp³-hybridized carbons (Fsp3) is 0.111. The number of rotatable bonds is 7. The summed E-state index contributed by atoms with van der Waals surface area (Å²) in [4.78, 5) is 45.5. The summed E-state index contributed by atoms with van der Waals surface area (Å²) in [6.07, 6.45) is 0. The van der Waals surface area contributed by atoms with Crippen molar-refractivity contribution in [1.29, 1.82) is 0 Å². The van der Waals surface area contributed by atoms with Gasteiger partial charge in [-0.25, -0.2) is 9.59 Å². The van der Waals surface area contributed by atoms with Gasteiger partial charge in [0.15, 0.2) is 0 Å². The van der Waals surface area contributed by atoms with Crippen LogP contribution in [0.3, 0.4) is 0 Å². The van der Waals surface area contributed by atoms with Crippen LogP contribution < -0.4 is 0 Å². The quantitative estimate of drug-likeness (QED) is 0.406. The fourth-order valence-corrected chi connectivity index (χ4v) is 2.16. The zero-order valence-electron chi connectivity index (χ0n) is 13.2. The lowest BCUT2D eigenvalue weighted by Crippen LogP contribution is -2.14. The maximum absolute atomic E-state index is 11.8. The average molecular weight is 395 g/mol. The first-order valence-electron chi connectivity index (χ1n) is 7.32. The molecule has 0 heterocycles. The molecule has 0 fully saturated rings. The van der Waals surface area contributed by atoms with E-state index in [-0.39, 0.29) is 35.5 Å². The standard InChI is InChI=1S/C18H12Cl2O6/c19-15(21)11-1-5-13(6-2-11)17(23)25-9-10-26-18(24)14-7-3-12(4-8-14)16(20)22/h1-8H,9-10H2. The molecule has 0 bridgehead atoms. The summed E-state index contributed by atoms with van der Waals surface area (Å²) >= 11 is 10.6. The first-order chi connectivity index (χ1) is 12.4. The van der Waals surface area contributed by atoms with E-state index in [2.05, 4.69) is 0 Å². The largest absolute Gasteiger partial charge is 0.458 e. The van der Waals surface area contributed by atoms with Crippen molar-refractivity contribution in [2.24, 2.45) is 0 Å². The molecular formula is C18H12Cl2O6. The second kappa shape index (κ2) is 9.12. The molecule has 8 heteroatoms. The second-order valence-corrected chi connectivity index (χ2v) is 5.66. The molecule has 26 heavy (non-hydrogen) atoms. The highest BCUT2D eigenvalue weighted by atomic mass is 35.5. The lowest BCUT2D eigenvalue weighted by atomic mass is 10.1. The van der Waals surface area contributed by atoms with E-state index in [1.165, 1.54) is 48.5 Å². The van der Waals surface area contributed by atoms with Gasteiger partial charge in [0.1, 0.15) is 13.2 Å². The smallest absolute Gasteiger partial charge is 0.338 e. The van der Waals surface area contributed by atoms with Gasteiger partial charge in [0.25, 0.3) is 10.5 Å². The molecule has 0 radical (unpaired) electrons. The van der Waals surface area contributed by atoms with Gasteiger partial charge >= 0.3 is 11.9 Å². The molecule has 2 aromatic rings. The molecule has 0 aliphatic carbocycles. The van der Waals surface area contributed by atoms with E-state index in [9.17, 15) is 19.2 Å². The zero-order valence-corrected chi connectivity index (χ0v) is 14.8. The molecule has 0 aliphatic rings. The molecule has 0 N–H and O–H groups in total. The molecule has 0 aliphatic heterocycles. The van der Waals surface area contributed by atoms with E-state index in [4.69, 9.17) is 32.7 Å². The fourth-order valence-electron chi connectivity index (χ4n) is 1.91. The van der Waals surface area contributed by atoms with Gasteiger partial charge in [0.2, 0.25) is 0 Å². The Balaban J connectivity index is 1.78. The highest BCUT2D eigenvalue weighted by Crippen LogP contribution is 2.10. The van der Waals surface area contributed by atoms with Crippen LogP contribution >= 0.6 is 23.2 Å². The van der Waals surface area contributed by atoms with E-state index in [1.807, 2.05) is 0 Å². The minimum atomic E-state index is -0.625. The number of halogens is 2. The van der Waals surface area contributed by atoms with Crippen LogP contribution in [0.4, 0.5) is 0 Å². The highest BCUT2D eigenvalue weighted by Gasteiger charge is 2.11. The van der Waals surface area contributed by atoms with E-state index < -0.39 is 22.4 Å². The molecule has 0 atom stereocenters. The van der Waals surface area contributed by atoms with Crippen LogP contribution in [0.25, 0.3) is 0 Å². The van der Waals surface area contributed by atoms with Crippen molar-refractivity contribution in [3.8, 4) is 0 Å². The van der Waals surface area contributed by atoms with Crippen LogP contribution in [0.1, 0.15) is 41.4 Å². The van der Waals surface area contributed by atoms with Gasteiger partial charge in [-0.1, -0.05) is 0 Å². The van der Waals surface area contributed by atoms with Crippen molar-refractivity contribution in [2.75, 3.05) is 13.2 Å². The first kappa shape index (κ1) is 19.6. The van der Waals surface area contributed by atoms with E-state index in [1.54, 1.807) is 0 Å². The summed E-state index contributed by atoms with van der Waals surface area (Å²) in [6, 6.07) is 11.2. The Morgan fingerprint density at radius 3 is 1.12 bits per heavy atom. The Kier molecular flexibility index (Phi) is 6.89. The SMILES string of the molecule is O=C(Cl)c1ccc(C(=O)OCCOC(=O)c2ccc(C(=O)Cl)cc2)cc1. The van der Waals surface area contributed by atoms with Gasteiger partial charge in [-0.3, -0.25) is 9.59 Å². The lowest BCUT2D eigenvalue weighted by Gasteiger charge is -2.07. The van der Waals surface area contributed by atoms with Crippen molar-refractivity contribution in [1.82, 2.24) is 0 Å². The van der Waals surface area contributed by atoms with Crippen LogP contribution in [0, 0.1) is 0 Å². The number of hydrogen-bond donors (Lipinski definition) is 0. The molecule has 134 valence electrons. The minimum absolute atomic E-state index is 0.140. The van der Waals surface area contributed by atoms with Crippen LogP contribution in [0.5, 0.6) is 0 Å². The Labute approximate surface area is 158 Å². The summed E-state index contributed by atoms with van der Waals surface area (Å²) in [7, 11) is 0. The molecule has 0 aromatic heterocycles. The minimum Gasteiger partial charge on any atom is -0.458 e. The van der Waals surface area contributed by atoms with Crippen LogP contribution in [-0.4, -0.2) is 35.6 Å². The van der Waals surface area contributed by atoms with Crippen molar-refractivity contribution in [2.45, 2.75) is 0 Å². The van der Waals surface area contributed by atoms with Crippen LogP contribution in [0.15, 0.2) is 48.5 Å². The Morgan fingerprint density at radius 2 is 0.846 bits per heavy atom. The molecule has 0 saturated carbocycles. The number of carbonyl (C=O) groups is 4. The van der Waals surface area contributed by atoms with Crippen LogP contribution in [0.2, 0.25) is 0 Å². The lowest BCUT2D eigenvalue weighted by molar-refractivity contribution is 0.0265. The number of carbonyl (C=O) groups excluding carboxylic acids is 4. The third kappa shape index (κ3) is 5.40. The molecule has 0 saturated heterocycles. The van der Waals surface area contributed by atoms with Gasteiger partial charge in [0.05, 0.1) is 11.1 Å². The topological polar surface area (TPSA) is 86.7 Å². The highest BCUT2D eigenvalue weighted by molar-refractivity contribution is 6.68. The van der Waals surface area contributed by atoms with Gasteiger partial charge in [0, 0.05) is 11.1 Å². The van der Waals surface area contributed by atoms with Crippen LogP contribution in [-0.2, 0) is 9.47 Å². The third-order valence-corrected chi connectivity index (χ3v) is 3.68. The third-order valence-electron chi connectivity index (χ3n) is 3.24. The molecule has 2 aromatic carbocycles. The van der Waals surface area contributed by atoms with Crippen molar-refractivity contribution in [3.63, 3.8) is 0 Å². The Hall–Kier alpha value is -2.70. The van der Waals surface area contributed by atoms with Gasteiger partial charge in [-0.05, 0) is 71.7 Å². The zero-order chi connectivity index (χ0) is 19.1. The number of esters is 2. The van der Waals surface area contributed by atoms with Gasteiger partial charge in [-0.2, -0.15) is 0 Å². The maximum atomic E-state index is 11.8. The van der Waals surface area contributed by atoms with Gasteiger partial charge < -0.3 is 9.47 Å². The van der Waals surface area contributed by atoms with E-state index >= 15 is 0 Å². The van der Waals surface area contributed by atoms with Crippen molar-refractivity contribution < 1.29 is 28.7 Å². The predicted octanol–water partition coefficient (Wildman–Crippen LogP) is 3.46. The first-order valence-corrected chi connectivity index (χ1v) is 8.08. The summed E-state index contributed by atoms with van der Waals surface area (Å²) in [5, 5.41) is -1.25. The maximum Gasteiger partial charge on any atom is 0.338 e. The summed E-state index contributed by atoms with van der Waals surface area (Å²) in [6.45, 7) is -0.280. The van der Waals surface area contributed by atoms with E-state index in [0.29, 0.717) is 0 Å². The van der Waals surface area contributed by atoms with Crippen molar-refractivity contribution >= 4 is 45.6 Å². The second-order valence-electron chi connectivity index (χ2n) is 4.97. The normalized spacial score (nSPS) is 10.1. The summed E-state index contributed by atoms with van der Waals surface area (Å²) < 4.78 is 9.94. The molecule has 6 nitrogen and oxygen atoms in total. The molecule has 2 rings (SSSR count). The molecular weight excluding hydrogens is 383 g/mol. The number of benzene rings is 2. The van der Waals surface area contributed by atoms with Gasteiger partial charge in [-0.15, -0.1) is 0 Å². The molecule has 0 unspecified atom stereocenters. The van der Waals surface area contributed by atoms with E-state index in [0.717, 1.165) is 0 Å². The Bertz CT molecular complexity index is 756. The summed E-state index contributed by atoms with van der Waals surface area (Å²) in [5.41, 5.74) is 0.997. The molecule has 0 spiro atoms. The number of ether oxygens (including phenoxy) is 2. The average Bonchev–Trinajstić information content (AvgIpc) is 2.65. The predicted molar refractivity (Wildman–Crippen MR) is 93.8 cm³/mol. The summed E-state index contributed by atoms with van der Waals surface area (Å²) in [5.74, 6) is -1.25. The Morgan fingerprint density at radius 1 is 0.577 bits per heavy atom. The monoisotopic (exact) mass is 394 g/mol.